The van der Waals surface area contributed by atoms with Gasteiger partial charge in [-0.15, -0.1) is 0 Å². The molecule has 28 heavy (non-hydrogen) atoms. The SMILES string of the molecule is O=S(=O)(NC(CC/C=C/c1ccccc1)c1ccccc1)c1ccc(Cl)cc1. The summed E-state index contributed by atoms with van der Waals surface area (Å²) >= 11 is 5.88. The van der Waals surface area contributed by atoms with Gasteiger partial charge >= 0.3 is 0 Å². The van der Waals surface area contributed by atoms with E-state index in [0.717, 1.165) is 17.5 Å². The largest absolute Gasteiger partial charge is 0.241 e. The van der Waals surface area contributed by atoms with Gasteiger partial charge in [0.05, 0.1) is 4.90 Å². The van der Waals surface area contributed by atoms with Crippen molar-refractivity contribution in [3.05, 3.63) is 107 Å². The fourth-order valence-electron chi connectivity index (χ4n) is 2.89. The average molecular weight is 412 g/mol. The molecule has 0 aliphatic heterocycles. The van der Waals surface area contributed by atoms with Crippen molar-refractivity contribution in [1.29, 1.82) is 0 Å². The summed E-state index contributed by atoms with van der Waals surface area (Å²) in [6.45, 7) is 0. The van der Waals surface area contributed by atoms with E-state index in [0.29, 0.717) is 11.4 Å². The van der Waals surface area contributed by atoms with Gasteiger partial charge in [-0.1, -0.05) is 84.4 Å². The van der Waals surface area contributed by atoms with Gasteiger partial charge in [-0.25, -0.2) is 13.1 Å². The fourth-order valence-corrected chi connectivity index (χ4v) is 4.28. The Labute approximate surface area is 171 Å². The number of allylic oxidation sites excluding steroid dienone is 1. The summed E-state index contributed by atoms with van der Waals surface area (Å²) in [5.74, 6) is 0. The third-order valence-corrected chi connectivity index (χ3v) is 6.09. The Balaban J connectivity index is 1.74. The molecular weight excluding hydrogens is 390 g/mol. The molecule has 0 heterocycles. The molecule has 0 radical (unpaired) electrons. The molecule has 0 aliphatic rings. The molecule has 0 spiro atoms. The Hall–Kier alpha value is -2.40. The highest BCUT2D eigenvalue weighted by molar-refractivity contribution is 7.89. The van der Waals surface area contributed by atoms with Gasteiger partial charge in [0, 0.05) is 11.1 Å². The molecule has 1 atom stereocenters. The summed E-state index contributed by atoms with van der Waals surface area (Å²) in [6.07, 6.45) is 5.52. The lowest BCUT2D eigenvalue weighted by atomic mass is 10.0. The first-order valence-corrected chi connectivity index (χ1v) is 11.0. The van der Waals surface area contributed by atoms with Crippen LogP contribution in [0, 0.1) is 0 Å². The molecule has 0 bridgehead atoms. The number of halogens is 1. The summed E-state index contributed by atoms with van der Waals surface area (Å²) in [5.41, 5.74) is 2.06. The van der Waals surface area contributed by atoms with Crippen LogP contribution in [0.15, 0.2) is 95.9 Å². The Kier molecular flexibility index (Phi) is 7.04. The molecular formula is C23H22ClNO2S. The van der Waals surface area contributed by atoms with Crippen LogP contribution in [0.1, 0.15) is 30.0 Å². The molecule has 0 aromatic heterocycles. The minimum atomic E-state index is -3.65. The summed E-state index contributed by atoms with van der Waals surface area (Å²) < 4.78 is 28.5. The van der Waals surface area contributed by atoms with E-state index in [1.165, 1.54) is 12.1 Å². The third-order valence-electron chi connectivity index (χ3n) is 4.36. The van der Waals surface area contributed by atoms with E-state index in [1.807, 2.05) is 60.7 Å². The molecule has 5 heteroatoms. The number of hydrogen-bond acceptors (Lipinski definition) is 2. The van der Waals surface area contributed by atoms with Gasteiger partial charge in [-0.05, 0) is 48.2 Å². The van der Waals surface area contributed by atoms with Crippen LogP contribution in [0.5, 0.6) is 0 Å². The van der Waals surface area contributed by atoms with Crippen molar-refractivity contribution in [2.45, 2.75) is 23.8 Å². The quantitative estimate of drug-likeness (QED) is 0.505. The van der Waals surface area contributed by atoms with Crippen LogP contribution in [-0.2, 0) is 10.0 Å². The van der Waals surface area contributed by atoms with Crippen LogP contribution >= 0.6 is 11.6 Å². The van der Waals surface area contributed by atoms with E-state index in [2.05, 4.69) is 16.9 Å². The number of nitrogens with one attached hydrogen (secondary N) is 1. The molecule has 0 amide bonds. The Morgan fingerprint density at radius 1 is 0.857 bits per heavy atom. The van der Waals surface area contributed by atoms with E-state index < -0.39 is 10.0 Å². The van der Waals surface area contributed by atoms with Crippen molar-refractivity contribution < 1.29 is 8.42 Å². The second-order valence-electron chi connectivity index (χ2n) is 6.43. The molecule has 144 valence electrons. The van der Waals surface area contributed by atoms with Crippen molar-refractivity contribution in [3.8, 4) is 0 Å². The molecule has 3 aromatic carbocycles. The maximum absolute atomic E-state index is 12.8. The van der Waals surface area contributed by atoms with Crippen molar-refractivity contribution in [3.63, 3.8) is 0 Å². The maximum Gasteiger partial charge on any atom is 0.241 e. The third kappa shape index (κ3) is 5.80. The summed E-state index contributed by atoms with van der Waals surface area (Å²) in [5, 5.41) is 0.504. The minimum Gasteiger partial charge on any atom is -0.207 e. The van der Waals surface area contributed by atoms with Gasteiger partial charge in [0.2, 0.25) is 10.0 Å². The molecule has 1 unspecified atom stereocenters. The van der Waals surface area contributed by atoms with Gasteiger partial charge < -0.3 is 0 Å². The van der Waals surface area contributed by atoms with Gasteiger partial charge in [0.25, 0.3) is 0 Å². The predicted octanol–water partition coefficient (Wildman–Crippen LogP) is 5.85. The van der Waals surface area contributed by atoms with Crippen molar-refractivity contribution in [2.75, 3.05) is 0 Å². The normalized spacial score (nSPS) is 12.9. The van der Waals surface area contributed by atoms with Gasteiger partial charge in [-0.2, -0.15) is 0 Å². The lowest BCUT2D eigenvalue weighted by Crippen LogP contribution is -2.28. The predicted molar refractivity (Wildman–Crippen MR) is 116 cm³/mol. The van der Waals surface area contributed by atoms with Crippen LogP contribution in [0.3, 0.4) is 0 Å². The van der Waals surface area contributed by atoms with Gasteiger partial charge in [0.1, 0.15) is 0 Å². The van der Waals surface area contributed by atoms with E-state index in [-0.39, 0.29) is 10.9 Å². The molecule has 0 saturated heterocycles. The summed E-state index contributed by atoms with van der Waals surface area (Å²) in [7, 11) is -3.65. The maximum atomic E-state index is 12.8. The highest BCUT2D eigenvalue weighted by Crippen LogP contribution is 2.23. The second-order valence-corrected chi connectivity index (χ2v) is 8.58. The molecule has 0 saturated carbocycles. The molecule has 1 N–H and O–H groups in total. The van der Waals surface area contributed by atoms with E-state index in [4.69, 9.17) is 11.6 Å². The smallest absolute Gasteiger partial charge is 0.207 e. The number of hydrogen-bond donors (Lipinski definition) is 1. The zero-order valence-electron chi connectivity index (χ0n) is 15.3. The number of sulfonamides is 1. The van der Waals surface area contributed by atoms with Crippen molar-refractivity contribution >= 4 is 27.7 Å². The molecule has 0 aliphatic carbocycles. The first-order valence-electron chi connectivity index (χ1n) is 9.09. The first kappa shape index (κ1) is 20.3. The van der Waals surface area contributed by atoms with Crippen LogP contribution in [0.2, 0.25) is 5.02 Å². The number of rotatable bonds is 8. The van der Waals surface area contributed by atoms with E-state index in [1.54, 1.807) is 12.1 Å². The van der Waals surface area contributed by atoms with Crippen molar-refractivity contribution in [1.82, 2.24) is 4.72 Å². The zero-order valence-corrected chi connectivity index (χ0v) is 16.9. The van der Waals surface area contributed by atoms with Crippen molar-refractivity contribution in [2.24, 2.45) is 0 Å². The Morgan fingerprint density at radius 2 is 1.46 bits per heavy atom. The standard InChI is InChI=1S/C23H22ClNO2S/c24-21-15-17-22(18-16-21)28(26,27)25-23(20-12-5-2-6-13-20)14-8-7-11-19-9-3-1-4-10-19/h1-7,9-13,15-18,23,25H,8,14H2/b11-7+. The lowest BCUT2D eigenvalue weighted by molar-refractivity contribution is 0.542. The average Bonchev–Trinajstić information content (AvgIpc) is 2.72. The van der Waals surface area contributed by atoms with Gasteiger partial charge in [0.15, 0.2) is 0 Å². The van der Waals surface area contributed by atoms with Crippen LogP contribution in [0.25, 0.3) is 6.08 Å². The molecule has 3 aromatic rings. The molecule has 3 rings (SSSR count). The molecule has 3 nitrogen and oxygen atoms in total. The van der Waals surface area contributed by atoms with E-state index in [9.17, 15) is 8.42 Å². The topological polar surface area (TPSA) is 46.2 Å². The lowest BCUT2D eigenvalue weighted by Gasteiger charge is -2.19. The fraction of sp³-hybridized carbons (Fsp3) is 0.130. The minimum absolute atomic E-state index is 0.206. The molecule has 0 fully saturated rings. The van der Waals surface area contributed by atoms with Gasteiger partial charge in [-0.3, -0.25) is 0 Å². The first-order chi connectivity index (χ1) is 13.5. The Morgan fingerprint density at radius 3 is 2.11 bits per heavy atom. The second kappa shape index (κ2) is 9.69. The monoisotopic (exact) mass is 411 g/mol. The number of benzene rings is 3. The van der Waals surface area contributed by atoms with Crippen LogP contribution in [0.4, 0.5) is 0 Å². The summed E-state index contributed by atoms with van der Waals surface area (Å²) in [4.78, 5) is 0.206. The highest BCUT2D eigenvalue weighted by atomic mass is 35.5. The Bertz CT molecular complexity index is 1000. The zero-order chi connectivity index (χ0) is 19.8. The van der Waals surface area contributed by atoms with E-state index >= 15 is 0 Å². The van der Waals surface area contributed by atoms with Crippen LogP contribution in [-0.4, -0.2) is 8.42 Å². The summed E-state index contributed by atoms with van der Waals surface area (Å²) in [6, 6.07) is 25.5. The highest BCUT2D eigenvalue weighted by Gasteiger charge is 2.20. The van der Waals surface area contributed by atoms with Crippen LogP contribution < -0.4 is 4.72 Å².